The van der Waals surface area contributed by atoms with Crippen LogP contribution in [0.25, 0.3) is 117 Å². The Balaban J connectivity index is 1.26. The van der Waals surface area contributed by atoms with Gasteiger partial charge in [-0.25, -0.2) is 15.0 Å². The molecule has 0 saturated carbocycles. The van der Waals surface area contributed by atoms with E-state index in [0.717, 1.165) is 99.6 Å². The third-order valence-electron chi connectivity index (χ3n) is 12.0. The Morgan fingerprint density at radius 3 is 1.05 bits per heavy atom. The number of aromatic nitrogens is 9. The van der Waals surface area contributed by atoms with E-state index in [1.54, 1.807) is 0 Å². The molecule has 0 unspecified atom stereocenters. The van der Waals surface area contributed by atoms with Crippen molar-refractivity contribution in [2.45, 2.75) is 0 Å². The van der Waals surface area contributed by atoms with Crippen molar-refractivity contribution in [1.82, 2.24) is 43.6 Å². The number of pyridine rings is 3. The molecule has 63 heavy (non-hydrogen) atoms. The molecule has 7 heterocycles. The standard InChI is InChI=1S/C54H33N9/c1-3-16-34(17-4-1)52-58-53(35-18-5-2-6-19-35)60-54(59-52)36-32-46(61-40-23-10-7-20-37(40)48-43(61)26-13-29-55-48)51(63-42-25-12-9-22-39(42)50-45(63)28-15-31-57-50)47(33-36)62-41-24-11-8-21-38(41)49-44(62)27-14-30-56-49/h1-33H. The van der Waals surface area contributed by atoms with Crippen LogP contribution < -0.4 is 0 Å². The zero-order valence-electron chi connectivity index (χ0n) is 33.6. The highest BCUT2D eigenvalue weighted by atomic mass is 15.1. The predicted molar refractivity (Wildman–Crippen MR) is 253 cm³/mol. The van der Waals surface area contributed by atoms with Crippen LogP contribution in [0.5, 0.6) is 0 Å². The normalized spacial score (nSPS) is 11.8. The molecule has 0 aliphatic heterocycles. The topological polar surface area (TPSA) is 92.1 Å². The van der Waals surface area contributed by atoms with Crippen LogP contribution in [0.15, 0.2) is 201 Å². The fraction of sp³-hybridized carbons (Fsp3) is 0. The monoisotopic (exact) mass is 807 g/mol. The molecule has 0 bridgehead atoms. The van der Waals surface area contributed by atoms with E-state index in [2.05, 4.69) is 117 Å². The van der Waals surface area contributed by atoms with Crippen molar-refractivity contribution >= 4 is 65.8 Å². The van der Waals surface area contributed by atoms with Crippen LogP contribution in [0.1, 0.15) is 0 Å². The fourth-order valence-corrected chi connectivity index (χ4v) is 9.35. The van der Waals surface area contributed by atoms with Crippen molar-refractivity contribution in [3.8, 4) is 51.2 Å². The van der Waals surface area contributed by atoms with Crippen LogP contribution in [0.3, 0.4) is 0 Å². The highest BCUT2D eigenvalue weighted by Crippen LogP contribution is 2.44. The van der Waals surface area contributed by atoms with Crippen molar-refractivity contribution in [3.05, 3.63) is 201 Å². The molecule has 0 saturated heterocycles. The van der Waals surface area contributed by atoms with Crippen LogP contribution >= 0.6 is 0 Å². The number of benzene rings is 6. The summed E-state index contributed by atoms with van der Waals surface area (Å²) in [5.74, 6) is 1.71. The molecule has 294 valence electrons. The maximum absolute atomic E-state index is 5.30. The van der Waals surface area contributed by atoms with E-state index < -0.39 is 0 Å². The molecule has 0 spiro atoms. The van der Waals surface area contributed by atoms with Crippen LogP contribution in [0.4, 0.5) is 0 Å². The maximum atomic E-state index is 5.30. The van der Waals surface area contributed by atoms with E-state index in [1.807, 2.05) is 97.5 Å². The molecule has 0 atom stereocenters. The summed E-state index contributed by atoms with van der Waals surface area (Å²) in [5.41, 5.74) is 14.1. The minimum absolute atomic E-state index is 0.540. The minimum Gasteiger partial charge on any atom is -0.305 e. The van der Waals surface area contributed by atoms with Gasteiger partial charge in [-0.05, 0) is 66.7 Å². The van der Waals surface area contributed by atoms with E-state index in [9.17, 15) is 0 Å². The van der Waals surface area contributed by atoms with Crippen molar-refractivity contribution in [3.63, 3.8) is 0 Å². The van der Waals surface area contributed by atoms with E-state index >= 15 is 0 Å². The first-order valence-electron chi connectivity index (χ1n) is 20.9. The Morgan fingerprint density at radius 1 is 0.286 bits per heavy atom. The van der Waals surface area contributed by atoms with Crippen molar-refractivity contribution in [1.29, 1.82) is 0 Å². The lowest BCUT2D eigenvalue weighted by atomic mass is 10.1. The lowest BCUT2D eigenvalue weighted by molar-refractivity contribution is 1.04. The zero-order valence-corrected chi connectivity index (χ0v) is 33.6. The summed E-state index contributed by atoms with van der Waals surface area (Å²) in [6.45, 7) is 0. The van der Waals surface area contributed by atoms with Gasteiger partial charge in [-0.1, -0.05) is 115 Å². The van der Waals surface area contributed by atoms with E-state index in [-0.39, 0.29) is 0 Å². The average Bonchev–Trinajstić information content (AvgIpc) is 4.00. The second-order valence-corrected chi connectivity index (χ2v) is 15.6. The first-order valence-corrected chi connectivity index (χ1v) is 20.9. The van der Waals surface area contributed by atoms with Crippen LogP contribution in [0.2, 0.25) is 0 Å². The molecule has 0 aliphatic rings. The van der Waals surface area contributed by atoms with Gasteiger partial charge in [-0.3, -0.25) is 15.0 Å². The molecule has 0 radical (unpaired) electrons. The SMILES string of the molecule is c1ccc(-c2nc(-c3ccccc3)nc(-c3cc(-n4c5ccccc5c5ncccc54)c(-n4c5ccccc5c5ncccc54)c(-n4c5ccccc5c5ncccc54)c3)n2)cc1. The third-order valence-corrected chi connectivity index (χ3v) is 12.0. The van der Waals surface area contributed by atoms with Crippen molar-refractivity contribution in [2.24, 2.45) is 0 Å². The van der Waals surface area contributed by atoms with Crippen LogP contribution in [0, 0.1) is 0 Å². The Bertz CT molecular complexity index is 3570. The van der Waals surface area contributed by atoms with Crippen LogP contribution in [-0.4, -0.2) is 43.6 Å². The van der Waals surface area contributed by atoms with Crippen LogP contribution in [-0.2, 0) is 0 Å². The van der Waals surface area contributed by atoms with Gasteiger partial charge in [-0.15, -0.1) is 0 Å². The number of rotatable bonds is 6. The van der Waals surface area contributed by atoms with Gasteiger partial charge in [0.25, 0.3) is 0 Å². The molecule has 13 aromatic rings. The molecule has 9 heteroatoms. The number of hydrogen-bond acceptors (Lipinski definition) is 6. The molecule has 0 fully saturated rings. The summed E-state index contributed by atoms with van der Waals surface area (Å²) in [6, 6.07) is 62.7. The minimum atomic E-state index is 0.540. The number of hydrogen-bond donors (Lipinski definition) is 0. The highest BCUT2D eigenvalue weighted by Gasteiger charge is 2.27. The number of para-hydroxylation sites is 3. The summed E-state index contributed by atoms with van der Waals surface area (Å²) in [5, 5.41) is 3.15. The van der Waals surface area contributed by atoms with Crippen molar-refractivity contribution < 1.29 is 0 Å². The summed E-state index contributed by atoms with van der Waals surface area (Å²) in [6.07, 6.45) is 5.61. The zero-order chi connectivity index (χ0) is 41.4. The Morgan fingerprint density at radius 2 is 0.619 bits per heavy atom. The summed E-state index contributed by atoms with van der Waals surface area (Å²) < 4.78 is 7.07. The van der Waals surface area contributed by atoms with Gasteiger partial charge in [0, 0.05) is 51.4 Å². The maximum Gasteiger partial charge on any atom is 0.164 e. The van der Waals surface area contributed by atoms with Gasteiger partial charge in [-0.2, -0.15) is 0 Å². The first kappa shape index (κ1) is 35.0. The molecule has 7 aromatic heterocycles. The number of fused-ring (bicyclic) bond motifs is 9. The number of nitrogens with zero attached hydrogens (tertiary/aromatic N) is 9. The van der Waals surface area contributed by atoms with Gasteiger partial charge in [0.1, 0.15) is 0 Å². The molecular weight excluding hydrogens is 775 g/mol. The van der Waals surface area contributed by atoms with Gasteiger partial charge in [0.05, 0.1) is 66.7 Å². The largest absolute Gasteiger partial charge is 0.305 e. The molecule has 0 amide bonds. The second kappa shape index (κ2) is 13.9. The Labute approximate surface area is 359 Å². The van der Waals surface area contributed by atoms with Gasteiger partial charge in [0.15, 0.2) is 17.5 Å². The average molecular weight is 808 g/mol. The first-order chi connectivity index (χ1) is 31.3. The lowest BCUT2D eigenvalue weighted by Gasteiger charge is -2.23. The lowest BCUT2D eigenvalue weighted by Crippen LogP contribution is -2.10. The second-order valence-electron chi connectivity index (χ2n) is 15.6. The predicted octanol–water partition coefficient (Wildman–Crippen LogP) is 12.3. The smallest absolute Gasteiger partial charge is 0.164 e. The summed E-state index contributed by atoms with van der Waals surface area (Å²) >= 11 is 0. The van der Waals surface area contributed by atoms with E-state index in [1.165, 1.54) is 0 Å². The molecule has 6 aromatic carbocycles. The van der Waals surface area contributed by atoms with Gasteiger partial charge < -0.3 is 13.7 Å². The summed E-state index contributed by atoms with van der Waals surface area (Å²) in [4.78, 5) is 30.7. The Kier molecular flexibility index (Phi) is 7.70. The molecular formula is C54H33N9. The molecule has 13 rings (SSSR count). The van der Waals surface area contributed by atoms with Gasteiger partial charge >= 0.3 is 0 Å². The van der Waals surface area contributed by atoms with E-state index in [0.29, 0.717) is 17.5 Å². The van der Waals surface area contributed by atoms with Crippen molar-refractivity contribution in [2.75, 3.05) is 0 Å². The van der Waals surface area contributed by atoms with E-state index in [4.69, 9.17) is 29.9 Å². The quantitative estimate of drug-likeness (QED) is 0.166. The molecule has 0 aliphatic carbocycles. The fourth-order valence-electron chi connectivity index (χ4n) is 9.35. The molecule has 9 nitrogen and oxygen atoms in total. The highest BCUT2D eigenvalue weighted by molar-refractivity contribution is 6.11. The Hall–Kier alpha value is -8.82. The molecule has 0 N–H and O–H groups in total. The third kappa shape index (κ3) is 5.36. The van der Waals surface area contributed by atoms with Gasteiger partial charge in [0.2, 0.25) is 0 Å². The summed E-state index contributed by atoms with van der Waals surface area (Å²) in [7, 11) is 0.